The third-order valence-corrected chi connectivity index (χ3v) is 4.72. The van der Waals surface area contributed by atoms with E-state index in [1.165, 1.54) is 0 Å². The molecule has 0 aromatic heterocycles. The number of hydrogen-bond donors (Lipinski definition) is 1. The molecule has 24 heavy (non-hydrogen) atoms. The number of carbonyl (C=O) groups excluding carboxylic acids is 1. The summed E-state index contributed by atoms with van der Waals surface area (Å²) in [6.07, 6.45) is 0. The number of aromatic hydroxyl groups is 1. The largest absolute Gasteiger partial charge is 0.508 e. The van der Waals surface area contributed by atoms with Crippen molar-refractivity contribution in [1.82, 2.24) is 4.90 Å². The highest BCUT2D eigenvalue weighted by molar-refractivity contribution is 14.1. The van der Waals surface area contributed by atoms with E-state index in [0.717, 1.165) is 22.3 Å². The van der Waals surface area contributed by atoms with Crippen molar-refractivity contribution in [3.05, 3.63) is 52.1 Å². The minimum Gasteiger partial charge on any atom is -0.508 e. The van der Waals surface area contributed by atoms with Gasteiger partial charge in [0.1, 0.15) is 11.5 Å². The summed E-state index contributed by atoms with van der Waals surface area (Å²) in [4.78, 5) is 16.3. The molecule has 0 saturated carbocycles. The first kappa shape index (κ1) is 16.9. The Morgan fingerprint density at radius 2 is 1.79 bits per heavy atom. The van der Waals surface area contributed by atoms with E-state index in [2.05, 4.69) is 27.5 Å². The second-order valence-electron chi connectivity index (χ2n) is 5.63. The van der Waals surface area contributed by atoms with Crippen molar-refractivity contribution in [2.24, 2.45) is 0 Å². The van der Waals surface area contributed by atoms with Crippen LogP contribution < -0.4 is 9.64 Å². The van der Waals surface area contributed by atoms with Crippen molar-refractivity contribution < 1.29 is 14.6 Å². The molecule has 0 spiro atoms. The molecule has 126 valence electrons. The van der Waals surface area contributed by atoms with Crippen LogP contribution in [-0.4, -0.2) is 48.7 Å². The molecule has 0 radical (unpaired) electrons. The first-order valence-electron chi connectivity index (χ1n) is 7.82. The fourth-order valence-corrected chi connectivity index (χ4v) is 3.03. The van der Waals surface area contributed by atoms with Gasteiger partial charge in [-0.05, 0) is 59.0 Å². The first-order valence-corrected chi connectivity index (χ1v) is 8.90. The fraction of sp³-hybridized carbons (Fsp3) is 0.278. The molecule has 0 atom stereocenters. The zero-order chi connectivity index (χ0) is 16.9. The standard InChI is InChI=1S/C18H19IN2O3/c19-14-4-6-17(7-5-14)24-13-18(23)21-10-8-20(9-11-21)15-2-1-3-16(22)12-15/h1-7,12,22H,8-11,13H2. The Morgan fingerprint density at radius 1 is 1.08 bits per heavy atom. The number of benzene rings is 2. The van der Waals surface area contributed by atoms with Crippen molar-refractivity contribution >= 4 is 34.2 Å². The maximum atomic E-state index is 12.3. The maximum Gasteiger partial charge on any atom is 0.260 e. The van der Waals surface area contributed by atoms with E-state index in [0.29, 0.717) is 18.8 Å². The monoisotopic (exact) mass is 438 g/mol. The van der Waals surface area contributed by atoms with Crippen molar-refractivity contribution in [2.75, 3.05) is 37.7 Å². The molecule has 0 bridgehead atoms. The van der Waals surface area contributed by atoms with Crippen molar-refractivity contribution in [3.8, 4) is 11.5 Å². The van der Waals surface area contributed by atoms with Gasteiger partial charge >= 0.3 is 0 Å². The van der Waals surface area contributed by atoms with Gasteiger partial charge in [0.05, 0.1) is 0 Å². The van der Waals surface area contributed by atoms with E-state index in [1.807, 2.05) is 41.3 Å². The average Bonchev–Trinajstić information content (AvgIpc) is 2.61. The molecule has 1 heterocycles. The quantitative estimate of drug-likeness (QED) is 0.747. The van der Waals surface area contributed by atoms with Crippen molar-refractivity contribution in [2.45, 2.75) is 0 Å². The topological polar surface area (TPSA) is 53.0 Å². The van der Waals surface area contributed by atoms with E-state index >= 15 is 0 Å². The number of nitrogens with zero attached hydrogens (tertiary/aromatic N) is 2. The number of hydrogen-bond acceptors (Lipinski definition) is 4. The molecule has 1 saturated heterocycles. The molecule has 1 fully saturated rings. The van der Waals surface area contributed by atoms with Gasteiger partial charge in [0.2, 0.25) is 0 Å². The summed E-state index contributed by atoms with van der Waals surface area (Å²) in [7, 11) is 0. The number of ether oxygens (including phenoxy) is 1. The molecule has 6 heteroatoms. The van der Waals surface area contributed by atoms with E-state index in [9.17, 15) is 9.90 Å². The summed E-state index contributed by atoms with van der Waals surface area (Å²) in [5.74, 6) is 0.975. The highest BCUT2D eigenvalue weighted by atomic mass is 127. The summed E-state index contributed by atoms with van der Waals surface area (Å²) in [5, 5.41) is 9.57. The SMILES string of the molecule is O=C(COc1ccc(I)cc1)N1CCN(c2cccc(O)c2)CC1. The van der Waals surface area contributed by atoms with Crippen LogP contribution in [0.4, 0.5) is 5.69 Å². The molecule has 1 aliphatic heterocycles. The van der Waals surface area contributed by atoms with Crippen LogP contribution in [-0.2, 0) is 4.79 Å². The van der Waals surface area contributed by atoms with Gasteiger partial charge in [-0.1, -0.05) is 6.07 Å². The van der Waals surface area contributed by atoms with Crippen LogP contribution in [0.2, 0.25) is 0 Å². The lowest BCUT2D eigenvalue weighted by Gasteiger charge is -2.36. The smallest absolute Gasteiger partial charge is 0.260 e. The molecule has 1 aliphatic rings. The Kier molecular flexibility index (Phi) is 5.44. The van der Waals surface area contributed by atoms with Crippen LogP contribution in [0, 0.1) is 3.57 Å². The molecule has 0 aliphatic carbocycles. The second kappa shape index (κ2) is 7.74. The maximum absolute atomic E-state index is 12.3. The zero-order valence-electron chi connectivity index (χ0n) is 13.2. The number of anilines is 1. The van der Waals surface area contributed by atoms with Gasteiger partial charge < -0.3 is 19.6 Å². The van der Waals surface area contributed by atoms with Crippen LogP contribution in [0.15, 0.2) is 48.5 Å². The normalized spacial score (nSPS) is 14.5. The van der Waals surface area contributed by atoms with Crippen LogP contribution in [0.1, 0.15) is 0 Å². The number of rotatable bonds is 4. The molecule has 5 nitrogen and oxygen atoms in total. The van der Waals surface area contributed by atoms with E-state index in [4.69, 9.17) is 4.74 Å². The molecular formula is C18H19IN2O3. The molecular weight excluding hydrogens is 419 g/mol. The number of halogens is 1. The van der Waals surface area contributed by atoms with E-state index in [-0.39, 0.29) is 18.3 Å². The molecule has 0 unspecified atom stereocenters. The number of phenols is 1. The Morgan fingerprint density at radius 3 is 2.46 bits per heavy atom. The van der Waals surface area contributed by atoms with Crippen LogP contribution in [0.3, 0.4) is 0 Å². The highest BCUT2D eigenvalue weighted by Crippen LogP contribution is 2.21. The third-order valence-electron chi connectivity index (χ3n) is 4.00. The van der Waals surface area contributed by atoms with Crippen LogP contribution in [0.5, 0.6) is 11.5 Å². The van der Waals surface area contributed by atoms with E-state index in [1.54, 1.807) is 12.1 Å². The van der Waals surface area contributed by atoms with E-state index < -0.39 is 0 Å². The molecule has 2 aromatic rings. The third kappa shape index (κ3) is 4.31. The Bertz CT molecular complexity index is 698. The van der Waals surface area contributed by atoms with Gasteiger partial charge in [-0.2, -0.15) is 0 Å². The summed E-state index contributed by atoms with van der Waals surface area (Å²) in [5.41, 5.74) is 0.984. The zero-order valence-corrected chi connectivity index (χ0v) is 15.3. The number of carbonyl (C=O) groups is 1. The van der Waals surface area contributed by atoms with Gasteiger partial charge in [0.15, 0.2) is 6.61 Å². The predicted octanol–water partition coefficient (Wildman–Crippen LogP) is 2.72. The number of phenolic OH excluding ortho intramolecular Hbond substituents is 1. The Labute approximate surface area is 155 Å². The van der Waals surface area contributed by atoms with Gasteiger partial charge in [-0.25, -0.2) is 0 Å². The lowest BCUT2D eigenvalue weighted by atomic mass is 10.2. The van der Waals surface area contributed by atoms with Gasteiger partial charge in [-0.15, -0.1) is 0 Å². The Balaban J connectivity index is 1.49. The minimum atomic E-state index is 0.00380. The Hall–Kier alpha value is -1.96. The summed E-state index contributed by atoms with van der Waals surface area (Å²) in [6.45, 7) is 2.87. The summed E-state index contributed by atoms with van der Waals surface area (Å²) < 4.78 is 6.70. The minimum absolute atomic E-state index is 0.00380. The second-order valence-corrected chi connectivity index (χ2v) is 6.88. The average molecular weight is 438 g/mol. The highest BCUT2D eigenvalue weighted by Gasteiger charge is 2.21. The predicted molar refractivity (Wildman–Crippen MR) is 102 cm³/mol. The lowest BCUT2D eigenvalue weighted by molar-refractivity contribution is -0.133. The molecule has 3 rings (SSSR count). The van der Waals surface area contributed by atoms with Crippen LogP contribution >= 0.6 is 22.6 Å². The van der Waals surface area contributed by atoms with Crippen molar-refractivity contribution in [3.63, 3.8) is 0 Å². The molecule has 2 aromatic carbocycles. The number of piperazine rings is 1. The summed E-state index contributed by atoms with van der Waals surface area (Å²) in [6, 6.07) is 14.9. The number of amides is 1. The molecule has 1 N–H and O–H groups in total. The lowest BCUT2D eigenvalue weighted by Crippen LogP contribution is -2.50. The fourth-order valence-electron chi connectivity index (χ4n) is 2.67. The molecule has 1 amide bonds. The summed E-state index contributed by atoms with van der Waals surface area (Å²) >= 11 is 2.23. The van der Waals surface area contributed by atoms with Gasteiger partial charge in [0, 0.05) is 41.5 Å². The van der Waals surface area contributed by atoms with Gasteiger partial charge in [0.25, 0.3) is 5.91 Å². The van der Waals surface area contributed by atoms with Crippen molar-refractivity contribution in [1.29, 1.82) is 0 Å². The van der Waals surface area contributed by atoms with Gasteiger partial charge in [-0.3, -0.25) is 4.79 Å². The van der Waals surface area contributed by atoms with Crippen LogP contribution in [0.25, 0.3) is 0 Å². The first-order chi connectivity index (χ1) is 11.6.